The van der Waals surface area contributed by atoms with Gasteiger partial charge in [0.2, 0.25) is 0 Å². The topological polar surface area (TPSA) is 46.6 Å². The quantitative estimate of drug-likeness (QED) is 0.829. The number of fused-ring (bicyclic) bond motifs is 2. The van der Waals surface area contributed by atoms with Gasteiger partial charge in [0, 0.05) is 18.8 Å². The van der Waals surface area contributed by atoms with Crippen molar-refractivity contribution in [2.24, 2.45) is 0 Å². The van der Waals surface area contributed by atoms with Crippen molar-refractivity contribution < 1.29 is 12.2 Å². The molecular formula is C11H12ClNO3S. The van der Waals surface area contributed by atoms with Crippen LogP contribution in [0.4, 0.5) is 5.69 Å². The van der Waals surface area contributed by atoms with Gasteiger partial charge in [0.05, 0.1) is 16.8 Å². The Balaban J connectivity index is 2.11. The lowest BCUT2D eigenvalue weighted by molar-refractivity contribution is 0.472. The molecule has 0 atom stereocenters. The average molecular weight is 274 g/mol. The Kier molecular flexibility index (Phi) is 2.57. The van der Waals surface area contributed by atoms with Gasteiger partial charge in [0.1, 0.15) is 0 Å². The summed E-state index contributed by atoms with van der Waals surface area (Å²) < 4.78 is 27.1. The molecule has 4 nitrogen and oxygen atoms in total. The molecule has 6 heteroatoms. The number of benzene rings is 1. The van der Waals surface area contributed by atoms with E-state index in [0.717, 1.165) is 37.2 Å². The lowest BCUT2D eigenvalue weighted by atomic mass is 9.83. The normalized spacial score (nSPS) is 19.5. The number of rotatable bonds is 2. The van der Waals surface area contributed by atoms with Crippen LogP contribution in [0.5, 0.6) is 0 Å². The van der Waals surface area contributed by atoms with Gasteiger partial charge >= 0.3 is 10.1 Å². The van der Waals surface area contributed by atoms with Crippen molar-refractivity contribution in [3.05, 3.63) is 23.8 Å². The standard InChI is InChI=1S/C11H12ClNO3S/c12-16-17(14,15)9-1-2-11-10(7-9)8-3-5-13(11)6-4-8/h1-2,7-8H,3-6H2. The minimum Gasteiger partial charge on any atom is -0.371 e. The van der Waals surface area contributed by atoms with Crippen LogP contribution in [0.15, 0.2) is 23.1 Å². The zero-order valence-electron chi connectivity index (χ0n) is 9.10. The number of hydrogen-bond donors (Lipinski definition) is 0. The zero-order valence-corrected chi connectivity index (χ0v) is 10.7. The molecule has 17 heavy (non-hydrogen) atoms. The first-order valence-electron chi connectivity index (χ1n) is 5.56. The van der Waals surface area contributed by atoms with Crippen molar-refractivity contribution in [3.63, 3.8) is 0 Å². The molecule has 2 bridgehead atoms. The van der Waals surface area contributed by atoms with E-state index in [1.54, 1.807) is 12.1 Å². The maximum atomic E-state index is 11.5. The highest BCUT2D eigenvalue weighted by atomic mass is 35.5. The first-order valence-corrected chi connectivity index (χ1v) is 7.27. The minimum absolute atomic E-state index is 0.139. The van der Waals surface area contributed by atoms with Gasteiger partial charge in [0.25, 0.3) is 0 Å². The smallest absolute Gasteiger partial charge is 0.312 e. The summed E-state index contributed by atoms with van der Waals surface area (Å²) in [5.74, 6) is 0.473. The average Bonchev–Trinajstić information content (AvgIpc) is 2.40. The van der Waals surface area contributed by atoms with Crippen LogP contribution >= 0.6 is 11.9 Å². The van der Waals surface area contributed by atoms with Gasteiger partial charge in [-0.15, -0.1) is 0 Å². The molecule has 4 rings (SSSR count). The van der Waals surface area contributed by atoms with Crippen molar-refractivity contribution in [1.82, 2.24) is 0 Å². The summed E-state index contributed by atoms with van der Waals surface area (Å²) in [5, 5.41) is 0. The molecule has 0 radical (unpaired) electrons. The van der Waals surface area contributed by atoms with Crippen molar-refractivity contribution in [2.75, 3.05) is 18.0 Å². The van der Waals surface area contributed by atoms with Crippen LogP contribution in [0.2, 0.25) is 0 Å². The summed E-state index contributed by atoms with van der Waals surface area (Å²) in [6, 6.07) is 5.10. The van der Waals surface area contributed by atoms with Crippen LogP contribution in [0, 0.1) is 0 Å². The van der Waals surface area contributed by atoms with Crippen LogP contribution < -0.4 is 4.90 Å². The summed E-state index contributed by atoms with van der Waals surface area (Å²) >= 11 is 4.99. The highest BCUT2D eigenvalue weighted by Gasteiger charge is 2.31. The lowest BCUT2D eigenvalue weighted by Crippen LogP contribution is -2.38. The molecule has 92 valence electrons. The number of hydrogen-bond acceptors (Lipinski definition) is 4. The Morgan fingerprint density at radius 3 is 2.65 bits per heavy atom. The van der Waals surface area contributed by atoms with E-state index in [4.69, 9.17) is 11.9 Å². The molecular weight excluding hydrogens is 262 g/mol. The van der Waals surface area contributed by atoms with Gasteiger partial charge in [-0.2, -0.15) is 12.2 Å². The number of halogens is 1. The van der Waals surface area contributed by atoms with Gasteiger partial charge in [-0.1, -0.05) is 0 Å². The largest absolute Gasteiger partial charge is 0.371 e. The molecule has 0 amide bonds. The van der Waals surface area contributed by atoms with Crippen LogP contribution in [0.3, 0.4) is 0 Å². The predicted molar refractivity (Wildman–Crippen MR) is 64.8 cm³/mol. The van der Waals surface area contributed by atoms with E-state index in [-0.39, 0.29) is 4.90 Å². The predicted octanol–water partition coefficient (Wildman–Crippen LogP) is 2.24. The van der Waals surface area contributed by atoms with Gasteiger partial charge in [-0.25, -0.2) is 0 Å². The summed E-state index contributed by atoms with van der Waals surface area (Å²) in [6.07, 6.45) is 2.19. The van der Waals surface area contributed by atoms with Gasteiger partial charge < -0.3 is 4.90 Å². The number of piperidine rings is 1. The van der Waals surface area contributed by atoms with Gasteiger partial charge in [-0.3, -0.25) is 0 Å². The maximum absolute atomic E-state index is 11.5. The van der Waals surface area contributed by atoms with E-state index in [1.165, 1.54) is 0 Å². The molecule has 0 spiro atoms. The molecule has 3 heterocycles. The minimum atomic E-state index is -3.80. The number of anilines is 1. The highest BCUT2D eigenvalue weighted by Crippen LogP contribution is 2.42. The Labute approximate surface area is 105 Å². The first-order chi connectivity index (χ1) is 8.12. The van der Waals surface area contributed by atoms with E-state index in [2.05, 4.69) is 8.64 Å². The Morgan fingerprint density at radius 1 is 1.29 bits per heavy atom. The SMILES string of the molecule is O=S(=O)(OCl)c1ccc2c(c1)C1CCN2CC1. The molecule has 3 aliphatic rings. The van der Waals surface area contributed by atoms with Gasteiger partial charge in [0.15, 0.2) is 0 Å². The van der Waals surface area contributed by atoms with Crippen molar-refractivity contribution in [2.45, 2.75) is 23.7 Å². The molecule has 0 aromatic heterocycles. The summed E-state index contributed by atoms with van der Waals surface area (Å²) in [6.45, 7) is 2.13. The first kappa shape index (κ1) is 11.3. The van der Waals surface area contributed by atoms with E-state index in [0.29, 0.717) is 5.92 Å². The third-order valence-electron chi connectivity index (χ3n) is 3.65. The maximum Gasteiger partial charge on any atom is 0.312 e. The van der Waals surface area contributed by atoms with E-state index >= 15 is 0 Å². The molecule has 1 fully saturated rings. The summed E-state index contributed by atoms with van der Waals surface area (Å²) in [4.78, 5) is 2.44. The fraction of sp³-hybridized carbons (Fsp3) is 0.455. The third-order valence-corrected chi connectivity index (χ3v) is 5.14. The van der Waals surface area contributed by atoms with Crippen LogP contribution in [-0.4, -0.2) is 21.5 Å². The molecule has 3 aliphatic heterocycles. The van der Waals surface area contributed by atoms with E-state index in [9.17, 15) is 8.42 Å². The molecule has 0 saturated carbocycles. The molecule has 0 N–H and O–H groups in total. The van der Waals surface area contributed by atoms with Crippen LogP contribution in [0.1, 0.15) is 24.3 Å². The second-order valence-electron chi connectivity index (χ2n) is 4.50. The van der Waals surface area contributed by atoms with Crippen molar-refractivity contribution in [3.8, 4) is 0 Å². The van der Waals surface area contributed by atoms with E-state index < -0.39 is 10.1 Å². The lowest BCUT2D eigenvalue weighted by Gasteiger charge is -2.42. The second-order valence-corrected chi connectivity index (χ2v) is 6.38. The Morgan fingerprint density at radius 2 is 2.00 bits per heavy atom. The third kappa shape index (κ3) is 1.73. The molecule has 1 saturated heterocycles. The molecule has 1 aromatic rings. The fourth-order valence-electron chi connectivity index (χ4n) is 2.77. The van der Waals surface area contributed by atoms with Crippen molar-refractivity contribution in [1.29, 1.82) is 0 Å². The van der Waals surface area contributed by atoms with Crippen LogP contribution in [-0.2, 0) is 13.9 Å². The second kappa shape index (κ2) is 3.86. The Bertz CT molecular complexity index is 550. The fourth-order valence-corrected chi connectivity index (χ4v) is 3.57. The number of nitrogens with zero attached hydrogens (tertiary/aromatic N) is 1. The van der Waals surface area contributed by atoms with E-state index in [1.807, 2.05) is 6.07 Å². The molecule has 0 aliphatic carbocycles. The molecule has 1 aromatic carbocycles. The summed E-state index contributed by atoms with van der Waals surface area (Å²) in [7, 11) is -3.80. The summed E-state index contributed by atoms with van der Waals surface area (Å²) in [5.41, 5.74) is 2.26. The van der Waals surface area contributed by atoms with Gasteiger partial charge in [-0.05, 0) is 42.5 Å². The van der Waals surface area contributed by atoms with Crippen LogP contribution in [0.25, 0.3) is 0 Å². The molecule has 0 unspecified atom stereocenters. The Hall–Kier alpha value is -0.780. The van der Waals surface area contributed by atoms with Crippen molar-refractivity contribution >= 4 is 27.7 Å². The monoisotopic (exact) mass is 273 g/mol. The zero-order chi connectivity index (χ0) is 12.0. The highest BCUT2D eigenvalue weighted by molar-refractivity contribution is 7.87.